The van der Waals surface area contributed by atoms with E-state index in [1.165, 1.54) is 10.1 Å². The zero-order valence-electron chi connectivity index (χ0n) is 18.7. The molecule has 0 radical (unpaired) electrons. The van der Waals surface area contributed by atoms with Crippen LogP contribution in [0.25, 0.3) is 10.9 Å². The topological polar surface area (TPSA) is 79.4 Å². The Morgan fingerprint density at radius 3 is 2.67 bits per heavy atom. The fourth-order valence-corrected chi connectivity index (χ4v) is 4.27. The highest BCUT2D eigenvalue weighted by molar-refractivity contribution is 7.71. The van der Waals surface area contributed by atoms with Crippen LogP contribution >= 0.6 is 12.2 Å². The van der Waals surface area contributed by atoms with Crippen molar-refractivity contribution < 1.29 is 9.53 Å². The zero-order chi connectivity index (χ0) is 23.4. The first-order valence-electron chi connectivity index (χ1n) is 11.0. The molecule has 0 spiro atoms. The predicted molar refractivity (Wildman–Crippen MR) is 132 cm³/mol. The number of rotatable bonds is 7. The lowest BCUT2D eigenvalue weighted by Gasteiger charge is -2.31. The molecule has 1 saturated heterocycles. The van der Waals surface area contributed by atoms with Gasteiger partial charge in [-0.2, -0.15) is 0 Å². The quantitative estimate of drug-likeness (QED) is 0.414. The molecular weight excluding hydrogens is 436 g/mol. The van der Waals surface area contributed by atoms with Gasteiger partial charge in [0.05, 0.1) is 30.2 Å². The van der Waals surface area contributed by atoms with E-state index in [2.05, 4.69) is 46.0 Å². The van der Waals surface area contributed by atoms with E-state index < -0.39 is 0 Å². The van der Waals surface area contributed by atoms with Crippen molar-refractivity contribution in [1.82, 2.24) is 19.8 Å². The van der Waals surface area contributed by atoms with Crippen LogP contribution < -0.4 is 10.9 Å². The fourth-order valence-electron chi connectivity index (χ4n) is 4.01. The number of hydrogen-bond donors (Lipinski definition) is 2. The van der Waals surface area contributed by atoms with Gasteiger partial charge in [-0.05, 0) is 42.9 Å². The first-order valence-corrected chi connectivity index (χ1v) is 11.4. The van der Waals surface area contributed by atoms with Gasteiger partial charge < -0.3 is 15.0 Å². The number of allylic oxidation sites excluding steroid dienone is 1. The number of benzene rings is 2. The van der Waals surface area contributed by atoms with Crippen molar-refractivity contribution in [2.45, 2.75) is 19.5 Å². The van der Waals surface area contributed by atoms with Crippen molar-refractivity contribution >= 4 is 29.0 Å². The number of ether oxygens (including phenoxy) is 1. The van der Waals surface area contributed by atoms with E-state index in [4.69, 9.17) is 17.0 Å². The molecule has 4 rings (SSSR count). The van der Waals surface area contributed by atoms with Crippen LogP contribution in [0, 0.1) is 11.7 Å². The second kappa shape index (κ2) is 10.2. The summed E-state index contributed by atoms with van der Waals surface area (Å²) in [5, 5.41) is 3.66. The lowest BCUT2D eigenvalue weighted by Crippen LogP contribution is -2.43. The summed E-state index contributed by atoms with van der Waals surface area (Å²) in [6.45, 7) is 9.80. The minimum atomic E-state index is -0.203. The highest BCUT2D eigenvalue weighted by Gasteiger charge is 2.21. The largest absolute Gasteiger partial charge is 0.379 e. The number of nitrogens with one attached hydrogen (secondary N) is 2. The maximum Gasteiger partial charge on any atom is 0.262 e. The number of fused-ring (bicyclic) bond motifs is 1. The Kier molecular flexibility index (Phi) is 7.17. The molecule has 3 aromatic rings. The minimum Gasteiger partial charge on any atom is -0.379 e. The van der Waals surface area contributed by atoms with Crippen molar-refractivity contribution in [3.05, 3.63) is 86.9 Å². The van der Waals surface area contributed by atoms with Gasteiger partial charge in [0.2, 0.25) is 0 Å². The van der Waals surface area contributed by atoms with E-state index in [0.717, 1.165) is 18.7 Å². The van der Waals surface area contributed by atoms with Crippen molar-refractivity contribution in [1.29, 1.82) is 0 Å². The van der Waals surface area contributed by atoms with Gasteiger partial charge in [0.25, 0.3) is 11.5 Å². The molecule has 7 nitrogen and oxygen atoms in total. The van der Waals surface area contributed by atoms with Crippen LogP contribution in [0.1, 0.15) is 27.5 Å². The smallest absolute Gasteiger partial charge is 0.262 e. The Labute approximate surface area is 197 Å². The predicted octanol–water partition coefficient (Wildman–Crippen LogP) is 3.36. The standard InChI is InChI=1S/C25H28N4O3S/c1-3-10-29-24(31)20-9-8-19(15-21(20)27-25(29)33)23(30)26-22(16-28-11-13-32-14-12-28)18-6-4-17(2)5-7-18/h3-9,15,22H,1,10-14,16H2,2H3,(H,26,30)(H,27,33)/t22-/m1/s1. The average Bonchev–Trinajstić information content (AvgIpc) is 2.82. The summed E-state index contributed by atoms with van der Waals surface area (Å²) >= 11 is 5.32. The molecule has 1 fully saturated rings. The Bertz CT molecular complexity index is 1270. The summed E-state index contributed by atoms with van der Waals surface area (Å²) < 4.78 is 7.21. The molecule has 172 valence electrons. The van der Waals surface area contributed by atoms with E-state index in [9.17, 15) is 9.59 Å². The second-order valence-electron chi connectivity index (χ2n) is 8.24. The number of amides is 1. The number of carbonyl (C=O) groups is 1. The van der Waals surface area contributed by atoms with E-state index in [1.54, 1.807) is 24.3 Å². The first kappa shape index (κ1) is 23.1. The summed E-state index contributed by atoms with van der Waals surface area (Å²) in [7, 11) is 0. The van der Waals surface area contributed by atoms with Crippen LogP contribution in [0.4, 0.5) is 0 Å². The number of hydrogen-bond acceptors (Lipinski definition) is 5. The molecule has 0 aliphatic carbocycles. The van der Waals surface area contributed by atoms with E-state index >= 15 is 0 Å². The van der Waals surface area contributed by atoms with Gasteiger partial charge >= 0.3 is 0 Å². The molecule has 1 aromatic heterocycles. The minimum absolute atomic E-state index is 0.175. The van der Waals surface area contributed by atoms with Crippen LogP contribution in [-0.2, 0) is 11.3 Å². The zero-order valence-corrected chi connectivity index (χ0v) is 19.5. The number of H-pyrrole nitrogens is 1. The van der Waals surface area contributed by atoms with Crippen LogP contribution in [0.5, 0.6) is 0 Å². The molecule has 0 saturated carbocycles. The third kappa shape index (κ3) is 5.30. The van der Waals surface area contributed by atoms with Crippen LogP contribution in [0.15, 0.2) is 59.9 Å². The highest BCUT2D eigenvalue weighted by Crippen LogP contribution is 2.18. The van der Waals surface area contributed by atoms with Crippen molar-refractivity contribution in [2.24, 2.45) is 0 Å². The molecule has 0 bridgehead atoms. The Morgan fingerprint density at radius 2 is 1.97 bits per heavy atom. The van der Waals surface area contributed by atoms with E-state index in [0.29, 0.717) is 47.5 Å². The fraction of sp³-hybridized carbons (Fsp3) is 0.320. The summed E-state index contributed by atoms with van der Waals surface area (Å²) in [4.78, 5) is 31.3. The first-order chi connectivity index (χ1) is 16.0. The molecule has 2 aromatic carbocycles. The lowest BCUT2D eigenvalue weighted by molar-refractivity contribution is 0.0332. The molecule has 2 N–H and O–H groups in total. The normalized spacial score (nSPS) is 15.3. The Hall–Kier alpha value is -3.07. The van der Waals surface area contributed by atoms with Crippen molar-refractivity contribution in [2.75, 3.05) is 32.8 Å². The number of carbonyl (C=O) groups excluding carboxylic acids is 1. The summed E-state index contributed by atoms with van der Waals surface area (Å²) in [5.41, 5.74) is 3.02. The van der Waals surface area contributed by atoms with Gasteiger partial charge in [0, 0.05) is 31.7 Å². The van der Waals surface area contributed by atoms with Gasteiger partial charge in [-0.25, -0.2) is 0 Å². The Morgan fingerprint density at radius 1 is 1.24 bits per heavy atom. The maximum absolute atomic E-state index is 13.2. The van der Waals surface area contributed by atoms with Crippen LogP contribution in [-0.4, -0.2) is 53.2 Å². The molecule has 1 aliphatic heterocycles. The van der Waals surface area contributed by atoms with E-state index in [1.807, 2.05) is 6.92 Å². The van der Waals surface area contributed by atoms with Gasteiger partial charge in [-0.15, -0.1) is 6.58 Å². The molecule has 0 unspecified atom stereocenters. The van der Waals surface area contributed by atoms with Gasteiger partial charge in [0.15, 0.2) is 4.77 Å². The average molecular weight is 465 g/mol. The van der Waals surface area contributed by atoms with Gasteiger partial charge in [0.1, 0.15) is 0 Å². The SMILES string of the molecule is C=CCn1c(=S)[nH]c2cc(C(=O)N[C@H](CN3CCOCC3)c3ccc(C)cc3)ccc2c1=O. The third-order valence-electron chi connectivity index (χ3n) is 5.89. The highest BCUT2D eigenvalue weighted by atomic mass is 32.1. The molecule has 1 amide bonds. The van der Waals surface area contributed by atoms with E-state index in [-0.39, 0.29) is 17.5 Å². The summed E-state index contributed by atoms with van der Waals surface area (Å²) in [5.74, 6) is -0.203. The number of aromatic nitrogens is 2. The number of aryl methyl sites for hydroxylation is 1. The van der Waals surface area contributed by atoms with Gasteiger partial charge in [-0.1, -0.05) is 35.9 Å². The maximum atomic E-state index is 13.2. The number of nitrogens with zero attached hydrogens (tertiary/aromatic N) is 2. The second-order valence-corrected chi connectivity index (χ2v) is 8.63. The molecule has 2 heterocycles. The monoisotopic (exact) mass is 464 g/mol. The molecule has 33 heavy (non-hydrogen) atoms. The number of aromatic amines is 1. The van der Waals surface area contributed by atoms with Gasteiger partial charge in [-0.3, -0.25) is 19.1 Å². The summed E-state index contributed by atoms with van der Waals surface area (Å²) in [6.07, 6.45) is 1.62. The molecule has 1 atom stereocenters. The summed E-state index contributed by atoms with van der Waals surface area (Å²) in [6, 6.07) is 13.1. The van der Waals surface area contributed by atoms with Crippen LogP contribution in [0.2, 0.25) is 0 Å². The number of morpholine rings is 1. The van der Waals surface area contributed by atoms with Crippen LogP contribution in [0.3, 0.4) is 0 Å². The molecule has 1 aliphatic rings. The molecule has 8 heteroatoms. The van der Waals surface area contributed by atoms with Crippen molar-refractivity contribution in [3.63, 3.8) is 0 Å². The van der Waals surface area contributed by atoms with Crippen molar-refractivity contribution in [3.8, 4) is 0 Å². The Balaban J connectivity index is 1.61. The lowest BCUT2D eigenvalue weighted by atomic mass is 10.0. The molecular formula is C25H28N4O3S. The third-order valence-corrected chi connectivity index (χ3v) is 6.21.